The van der Waals surface area contributed by atoms with Crippen LogP contribution in [0.1, 0.15) is 24.2 Å². The summed E-state index contributed by atoms with van der Waals surface area (Å²) in [4.78, 5) is 16.1. The van der Waals surface area contributed by atoms with E-state index in [-0.39, 0.29) is 0 Å². The van der Waals surface area contributed by atoms with Crippen LogP contribution in [-0.2, 0) is 0 Å². The van der Waals surface area contributed by atoms with Crippen LogP contribution < -0.4 is 16.4 Å². The average Bonchev–Trinajstić information content (AvgIpc) is 2.39. The molecule has 0 spiro atoms. The summed E-state index contributed by atoms with van der Waals surface area (Å²) in [5.41, 5.74) is 13.0. The first-order chi connectivity index (χ1) is 9.02. The quantitative estimate of drug-likeness (QED) is 0.794. The molecule has 1 aromatic rings. The topological polar surface area (TPSA) is 75.6 Å². The third-order valence-corrected chi connectivity index (χ3v) is 3.79. The number of likely N-dealkylation sites (N-methyl/N-ethyl adjacent to an activating group) is 1. The largest absolute Gasteiger partial charge is 0.398 e. The molecule has 0 unspecified atom stereocenters. The van der Waals surface area contributed by atoms with Crippen LogP contribution >= 0.6 is 0 Å². The van der Waals surface area contributed by atoms with Gasteiger partial charge in [0, 0.05) is 37.1 Å². The standard InChI is InChI=1S/C14H22N4O/c1-3-17-6-7-18(10(2)9-17)11-4-5-13(15)12(8-11)14(16)19/h4-5,8,10H,3,6-7,9,15H2,1-2H3,(H2,16,19)/t10-/m0/s1. The second-order valence-corrected chi connectivity index (χ2v) is 5.07. The number of hydrogen-bond donors (Lipinski definition) is 2. The van der Waals surface area contributed by atoms with Gasteiger partial charge in [-0.3, -0.25) is 9.69 Å². The second-order valence-electron chi connectivity index (χ2n) is 5.07. The van der Waals surface area contributed by atoms with E-state index in [2.05, 4.69) is 23.6 Å². The van der Waals surface area contributed by atoms with Gasteiger partial charge in [-0.25, -0.2) is 0 Å². The van der Waals surface area contributed by atoms with E-state index in [1.165, 1.54) is 0 Å². The van der Waals surface area contributed by atoms with Gasteiger partial charge in [0.15, 0.2) is 0 Å². The van der Waals surface area contributed by atoms with Gasteiger partial charge >= 0.3 is 0 Å². The number of nitrogens with zero attached hydrogens (tertiary/aromatic N) is 2. The van der Waals surface area contributed by atoms with Crippen molar-refractivity contribution in [3.8, 4) is 0 Å². The van der Waals surface area contributed by atoms with Gasteiger partial charge < -0.3 is 16.4 Å². The molecule has 5 nitrogen and oxygen atoms in total. The lowest BCUT2D eigenvalue weighted by Gasteiger charge is -2.41. The van der Waals surface area contributed by atoms with Crippen molar-refractivity contribution < 1.29 is 4.79 Å². The first-order valence-corrected chi connectivity index (χ1v) is 6.71. The molecule has 1 aliphatic heterocycles. The Morgan fingerprint density at radius 3 is 2.74 bits per heavy atom. The Kier molecular flexibility index (Phi) is 3.95. The van der Waals surface area contributed by atoms with Crippen LogP contribution in [0, 0.1) is 0 Å². The summed E-state index contributed by atoms with van der Waals surface area (Å²) in [6.45, 7) is 8.48. The fourth-order valence-corrected chi connectivity index (χ4v) is 2.64. The van der Waals surface area contributed by atoms with Crippen LogP contribution in [-0.4, -0.2) is 43.0 Å². The van der Waals surface area contributed by atoms with Gasteiger partial charge in [0.25, 0.3) is 5.91 Å². The van der Waals surface area contributed by atoms with E-state index in [1.807, 2.05) is 6.07 Å². The molecule has 1 fully saturated rings. The van der Waals surface area contributed by atoms with Crippen molar-refractivity contribution in [3.63, 3.8) is 0 Å². The normalized spacial score (nSPS) is 20.5. The Bertz CT molecular complexity index is 475. The van der Waals surface area contributed by atoms with Gasteiger partial charge in [-0.2, -0.15) is 0 Å². The first kappa shape index (κ1) is 13.7. The summed E-state index contributed by atoms with van der Waals surface area (Å²) in [5.74, 6) is -0.473. The van der Waals surface area contributed by atoms with Crippen molar-refractivity contribution in [2.45, 2.75) is 19.9 Å². The van der Waals surface area contributed by atoms with Crippen LogP contribution in [0.15, 0.2) is 18.2 Å². The number of anilines is 2. The highest BCUT2D eigenvalue weighted by Gasteiger charge is 2.23. The summed E-state index contributed by atoms with van der Waals surface area (Å²) in [6, 6.07) is 5.93. The van der Waals surface area contributed by atoms with E-state index in [0.29, 0.717) is 17.3 Å². The van der Waals surface area contributed by atoms with Gasteiger partial charge in [-0.1, -0.05) is 6.92 Å². The molecule has 0 aromatic heterocycles. The van der Waals surface area contributed by atoms with Crippen LogP contribution in [0.5, 0.6) is 0 Å². The number of rotatable bonds is 3. The molecule has 2 rings (SSSR count). The molecule has 4 N–H and O–H groups in total. The number of nitrogen functional groups attached to an aromatic ring is 1. The van der Waals surface area contributed by atoms with Gasteiger partial charge in [0.1, 0.15) is 0 Å². The molecule has 1 saturated heterocycles. The maximum Gasteiger partial charge on any atom is 0.250 e. The summed E-state index contributed by atoms with van der Waals surface area (Å²) < 4.78 is 0. The summed E-state index contributed by atoms with van der Waals surface area (Å²) in [5, 5.41) is 0. The Labute approximate surface area is 114 Å². The molecule has 19 heavy (non-hydrogen) atoms. The molecule has 0 aliphatic carbocycles. The van der Waals surface area contributed by atoms with Crippen molar-refractivity contribution in [1.82, 2.24) is 4.90 Å². The smallest absolute Gasteiger partial charge is 0.250 e. The van der Waals surface area contributed by atoms with E-state index >= 15 is 0 Å². The molecule has 104 valence electrons. The van der Waals surface area contributed by atoms with Crippen molar-refractivity contribution >= 4 is 17.3 Å². The van der Waals surface area contributed by atoms with E-state index in [9.17, 15) is 4.79 Å². The van der Waals surface area contributed by atoms with Crippen LogP contribution in [0.2, 0.25) is 0 Å². The van der Waals surface area contributed by atoms with Crippen LogP contribution in [0.3, 0.4) is 0 Å². The highest BCUT2D eigenvalue weighted by atomic mass is 16.1. The summed E-state index contributed by atoms with van der Waals surface area (Å²) in [6.07, 6.45) is 0. The number of hydrogen-bond acceptors (Lipinski definition) is 4. The number of primary amides is 1. The molecule has 1 aromatic carbocycles. The zero-order chi connectivity index (χ0) is 14.0. The average molecular weight is 262 g/mol. The lowest BCUT2D eigenvalue weighted by Crippen LogP contribution is -2.51. The monoisotopic (exact) mass is 262 g/mol. The van der Waals surface area contributed by atoms with Crippen molar-refractivity contribution in [2.75, 3.05) is 36.8 Å². The van der Waals surface area contributed by atoms with Gasteiger partial charge in [0.2, 0.25) is 0 Å². The van der Waals surface area contributed by atoms with Gasteiger partial charge in [-0.15, -0.1) is 0 Å². The lowest BCUT2D eigenvalue weighted by molar-refractivity contribution is 0.100. The Hall–Kier alpha value is -1.75. The van der Waals surface area contributed by atoms with E-state index in [4.69, 9.17) is 11.5 Å². The Morgan fingerprint density at radius 2 is 2.16 bits per heavy atom. The second kappa shape index (κ2) is 5.48. The van der Waals surface area contributed by atoms with Crippen molar-refractivity contribution in [3.05, 3.63) is 23.8 Å². The van der Waals surface area contributed by atoms with Gasteiger partial charge in [-0.05, 0) is 31.7 Å². The molecule has 5 heteroatoms. The zero-order valence-electron chi connectivity index (χ0n) is 11.6. The minimum Gasteiger partial charge on any atom is -0.398 e. The fraction of sp³-hybridized carbons (Fsp3) is 0.500. The molecule has 1 aliphatic rings. The zero-order valence-corrected chi connectivity index (χ0v) is 11.6. The molecule has 1 heterocycles. The van der Waals surface area contributed by atoms with E-state index in [1.54, 1.807) is 12.1 Å². The van der Waals surface area contributed by atoms with Crippen LogP contribution in [0.4, 0.5) is 11.4 Å². The highest BCUT2D eigenvalue weighted by molar-refractivity contribution is 5.99. The number of nitrogens with two attached hydrogens (primary N) is 2. The first-order valence-electron chi connectivity index (χ1n) is 6.71. The van der Waals surface area contributed by atoms with Crippen molar-refractivity contribution in [2.24, 2.45) is 5.73 Å². The molecule has 0 radical (unpaired) electrons. The maximum atomic E-state index is 11.4. The maximum absolute atomic E-state index is 11.4. The molecule has 0 saturated carbocycles. The van der Waals surface area contributed by atoms with E-state index < -0.39 is 5.91 Å². The SMILES string of the molecule is CCN1CCN(c2ccc(N)c(C(N)=O)c2)[C@@H](C)C1. The number of carbonyl (C=O) groups excluding carboxylic acids is 1. The minimum absolute atomic E-state index is 0.405. The molecular weight excluding hydrogens is 240 g/mol. The number of benzene rings is 1. The van der Waals surface area contributed by atoms with Crippen molar-refractivity contribution in [1.29, 1.82) is 0 Å². The molecule has 1 atom stereocenters. The third-order valence-electron chi connectivity index (χ3n) is 3.79. The minimum atomic E-state index is -0.473. The van der Waals surface area contributed by atoms with Crippen LogP contribution in [0.25, 0.3) is 0 Å². The number of carbonyl (C=O) groups is 1. The van der Waals surface area contributed by atoms with E-state index in [0.717, 1.165) is 31.9 Å². The molecular formula is C14H22N4O. The number of amides is 1. The summed E-state index contributed by atoms with van der Waals surface area (Å²) in [7, 11) is 0. The number of piperazine rings is 1. The predicted octanol–water partition coefficient (Wildman–Crippen LogP) is 0.898. The lowest BCUT2D eigenvalue weighted by atomic mass is 10.1. The van der Waals surface area contributed by atoms with Gasteiger partial charge in [0.05, 0.1) is 5.56 Å². The predicted molar refractivity (Wildman–Crippen MR) is 78.3 cm³/mol. The Balaban J connectivity index is 2.23. The molecule has 0 bridgehead atoms. The molecule has 1 amide bonds. The fourth-order valence-electron chi connectivity index (χ4n) is 2.64. The third kappa shape index (κ3) is 2.81. The highest BCUT2D eigenvalue weighted by Crippen LogP contribution is 2.24. The Morgan fingerprint density at radius 1 is 1.42 bits per heavy atom. The summed E-state index contributed by atoms with van der Waals surface area (Å²) >= 11 is 0.